The van der Waals surface area contributed by atoms with Crippen LogP contribution in [0.4, 0.5) is 0 Å². The standard InChI is InChI=1S/C32H43N3O8S/c1-38-27-13-9-25(10-14-27)22-34(23-26-11-15-28(39-2)16-12-26)44(36,37)30-21-33-35(31-7-3-5-17-41-31)29(30)24-40-19-20-43-32-8-4-6-18-42-32/h9-16,21,31-32H,3-8,17-20,22-24H2,1-2H3. The molecule has 5 rings (SSSR count). The lowest BCUT2D eigenvalue weighted by Crippen LogP contribution is -2.31. The van der Waals surface area contributed by atoms with Crippen molar-refractivity contribution in [1.29, 1.82) is 0 Å². The van der Waals surface area contributed by atoms with Gasteiger partial charge >= 0.3 is 0 Å². The van der Waals surface area contributed by atoms with Gasteiger partial charge in [0.1, 0.15) is 16.4 Å². The van der Waals surface area contributed by atoms with Crippen LogP contribution in [0.15, 0.2) is 59.6 Å². The predicted molar refractivity (Wildman–Crippen MR) is 163 cm³/mol. The molecule has 0 radical (unpaired) electrons. The van der Waals surface area contributed by atoms with E-state index in [1.807, 2.05) is 48.5 Å². The number of hydrogen-bond acceptors (Lipinski definition) is 9. The van der Waals surface area contributed by atoms with Gasteiger partial charge in [-0.25, -0.2) is 13.1 Å². The Balaban J connectivity index is 1.40. The van der Waals surface area contributed by atoms with Crippen LogP contribution < -0.4 is 9.47 Å². The van der Waals surface area contributed by atoms with Crippen molar-refractivity contribution >= 4 is 10.0 Å². The minimum Gasteiger partial charge on any atom is -0.497 e. The third-order valence-corrected chi connectivity index (χ3v) is 9.69. The second-order valence-corrected chi connectivity index (χ2v) is 12.8. The van der Waals surface area contributed by atoms with Crippen molar-refractivity contribution in [2.45, 2.75) is 75.6 Å². The van der Waals surface area contributed by atoms with Gasteiger partial charge in [-0.2, -0.15) is 9.40 Å². The van der Waals surface area contributed by atoms with Crippen molar-refractivity contribution in [2.24, 2.45) is 0 Å². The van der Waals surface area contributed by atoms with Crippen molar-refractivity contribution in [1.82, 2.24) is 14.1 Å². The van der Waals surface area contributed by atoms with Crippen LogP contribution in [0.25, 0.3) is 0 Å². The molecule has 0 aliphatic carbocycles. The largest absolute Gasteiger partial charge is 0.497 e. The first-order chi connectivity index (χ1) is 21.5. The molecule has 0 N–H and O–H groups in total. The van der Waals surface area contributed by atoms with Crippen LogP contribution in [-0.4, -0.2) is 69.4 Å². The lowest BCUT2D eigenvalue weighted by atomic mass is 10.2. The highest BCUT2D eigenvalue weighted by Gasteiger charge is 2.33. The maximum Gasteiger partial charge on any atom is 0.247 e. The van der Waals surface area contributed by atoms with E-state index in [2.05, 4.69) is 5.10 Å². The number of hydrogen-bond donors (Lipinski definition) is 0. The summed E-state index contributed by atoms with van der Waals surface area (Å²) in [7, 11) is -0.837. The Morgan fingerprint density at radius 3 is 2.00 bits per heavy atom. The Bertz CT molecular complexity index is 1350. The summed E-state index contributed by atoms with van der Waals surface area (Å²) in [5, 5.41) is 4.54. The maximum atomic E-state index is 14.5. The van der Waals surface area contributed by atoms with Gasteiger partial charge in [0.05, 0.1) is 45.9 Å². The molecule has 3 aromatic rings. The number of methoxy groups -OCH3 is 2. The summed E-state index contributed by atoms with van der Waals surface area (Å²) in [6.07, 6.45) is 6.54. The molecule has 2 saturated heterocycles. The third kappa shape index (κ3) is 8.38. The molecule has 0 bridgehead atoms. The molecule has 2 aliphatic rings. The molecule has 240 valence electrons. The van der Waals surface area contributed by atoms with Gasteiger partial charge < -0.3 is 28.4 Å². The summed E-state index contributed by atoms with van der Waals surface area (Å²) in [6, 6.07) is 14.8. The first kappa shape index (κ1) is 32.4. The molecule has 2 unspecified atom stereocenters. The van der Waals surface area contributed by atoms with Crippen molar-refractivity contribution in [2.75, 3.05) is 40.6 Å². The maximum absolute atomic E-state index is 14.5. The Kier molecular flexibility index (Phi) is 11.7. The van der Waals surface area contributed by atoms with Crippen molar-refractivity contribution in [3.63, 3.8) is 0 Å². The van der Waals surface area contributed by atoms with Crippen LogP contribution in [0.3, 0.4) is 0 Å². The van der Waals surface area contributed by atoms with Gasteiger partial charge in [-0.3, -0.25) is 0 Å². The fraction of sp³-hybridized carbons (Fsp3) is 0.531. The van der Waals surface area contributed by atoms with Gasteiger partial charge in [0.15, 0.2) is 12.5 Å². The highest BCUT2D eigenvalue weighted by Crippen LogP contribution is 2.30. The number of aromatic nitrogens is 2. The van der Waals surface area contributed by atoms with Gasteiger partial charge in [-0.05, 0) is 73.9 Å². The highest BCUT2D eigenvalue weighted by molar-refractivity contribution is 7.89. The molecule has 2 aliphatic heterocycles. The van der Waals surface area contributed by atoms with E-state index in [1.165, 1.54) is 10.5 Å². The van der Waals surface area contributed by atoms with Crippen molar-refractivity contribution < 1.29 is 36.8 Å². The van der Waals surface area contributed by atoms with Gasteiger partial charge in [-0.1, -0.05) is 24.3 Å². The van der Waals surface area contributed by atoms with E-state index < -0.39 is 10.0 Å². The molecule has 2 aromatic carbocycles. The SMILES string of the molecule is COc1ccc(CN(Cc2ccc(OC)cc2)S(=O)(=O)c2cnn(C3CCCCO3)c2COCCOC2CCCCO2)cc1. The molecule has 44 heavy (non-hydrogen) atoms. The first-order valence-electron chi connectivity index (χ1n) is 15.2. The Morgan fingerprint density at radius 1 is 0.841 bits per heavy atom. The average Bonchev–Trinajstić information content (AvgIpc) is 3.50. The zero-order valence-corrected chi connectivity index (χ0v) is 26.4. The lowest BCUT2D eigenvalue weighted by Gasteiger charge is -2.26. The summed E-state index contributed by atoms with van der Waals surface area (Å²) >= 11 is 0. The van der Waals surface area contributed by atoms with Gasteiger partial charge in [0, 0.05) is 26.3 Å². The smallest absolute Gasteiger partial charge is 0.247 e. The van der Waals surface area contributed by atoms with Crippen LogP contribution in [-0.2, 0) is 48.7 Å². The minimum atomic E-state index is -4.04. The van der Waals surface area contributed by atoms with Crippen molar-refractivity contribution in [3.8, 4) is 11.5 Å². The predicted octanol–water partition coefficient (Wildman–Crippen LogP) is 5.05. The quantitative estimate of drug-likeness (QED) is 0.213. The minimum absolute atomic E-state index is 0.0439. The number of nitrogens with zero attached hydrogens (tertiary/aromatic N) is 3. The lowest BCUT2D eigenvalue weighted by molar-refractivity contribution is -0.169. The second kappa shape index (κ2) is 15.8. The van der Waals surface area contributed by atoms with E-state index in [0.29, 0.717) is 37.0 Å². The molecule has 12 heteroatoms. The van der Waals surface area contributed by atoms with E-state index in [1.54, 1.807) is 18.9 Å². The van der Waals surface area contributed by atoms with Crippen LogP contribution >= 0.6 is 0 Å². The fourth-order valence-corrected chi connectivity index (χ4v) is 6.92. The molecule has 2 atom stereocenters. The Morgan fingerprint density at radius 2 is 1.45 bits per heavy atom. The monoisotopic (exact) mass is 629 g/mol. The molecule has 11 nitrogen and oxygen atoms in total. The molecular formula is C32H43N3O8S. The molecule has 0 amide bonds. The number of rotatable bonds is 15. The molecule has 2 fully saturated rings. The zero-order chi connectivity index (χ0) is 30.8. The molecule has 0 spiro atoms. The van der Waals surface area contributed by atoms with Gasteiger partial charge in [0.2, 0.25) is 10.0 Å². The zero-order valence-electron chi connectivity index (χ0n) is 25.6. The molecule has 3 heterocycles. The van der Waals surface area contributed by atoms with Gasteiger partial charge in [-0.15, -0.1) is 0 Å². The second-order valence-electron chi connectivity index (χ2n) is 10.9. The number of benzene rings is 2. The molecular weight excluding hydrogens is 586 g/mol. The summed E-state index contributed by atoms with van der Waals surface area (Å²) in [5.74, 6) is 1.40. The van der Waals surface area contributed by atoms with Crippen LogP contribution in [0.2, 0.25) is 0 Å². The number of ether oxygens (including phenoxy) is 6. The van der Waals surface area contributed by atoms with E-state index >= 15 is 0 Å². The number of sulfonamides is 1. The topological polar surface area (TPSA) is 111 Å². The first-order valence-corrected chi connectivity index (χ1v) is 16.7. The van der Waals surface area contributed by atoms with Crippen LogP contribution in [0, 0.1) is 0 Å². The van der Waals surface area contributed by atoms with Crippen LogP contribution in [0.1, 0.15) is 61.6 Å². The van der Waals surface area contributed by atoms with E-state index in [0.717, 1.165) is 49.7 Å². The normalized spacial score (nSPS) is 19.2. The van der Waals surface area contributed by atoms with E-state index in [4.69, 9.17) is 28.4 Å². The highest BCUT2D eigenvalue weighted by atomic mass is 32.2. The molecule has 0 saturated carbocycles. The average molecular weight is 630 g/mol. The van der Waals surface area contributed by atoms with Gasteiger partial charge in [0.25, 0.3) is 0 Å². The Hall–Kier alpha value is -3.00. The molecule has 1 aromatic heterocycles. The van der Waals surface area contributed by atoms with Crippen LogP contribution in [0.5, 0.6) is 11.5 Å². The van der Waals surface area contributed by atoms with Crippen molar-refractivity contribution in [3.05, 3.63) is 71.5 Å². The summed E-state index contributed by atoms with van der Waals surface area (Å²) in [6.45, 7) is 2.29. The Labute approximate surface area is 260 Å². The summed E-state index contributed by atoms with van der Waals surface area (Å²) in [5.41, 5.74) is 2.11. The summed E-state index contributed by atoms with van der Waals surface area (Å²) < 4.78 is 66.2. The fourth-order valence-electron chi connectivity index (χ4n) is 5.37. The van der Waals surface area contributed by atoms with E-state index in [9.17, 15) is 8.42 Å². The summed E-state index contributed by atoms with van der Waals surface area (Å²) in [4.78, 5) is 0.102. The third-order valence-electron chi connectivity index (χ3n) is 7.85. The van der Waals surface area contributed by atoms with E-state index in [-0.39, 0.29) is 43.7 Å².